The lowest BCUT2D eigenvalue weighted by Crippen LogP contribution is -2.48. The number of pyridine rings is 1. The van der Waals surface area contributed by atoms with Crippen LogP contribution in [0.15, 0.2) is 36.4 Å². The molecule has 1 amide bonds. The van der Waals surface area contributed by atoms with Crippen LogP contribution >= 0.6 is 0 Å². The molecule has 11 heteroatoms. The quantitative estimate of drug-likeness (QED) is 0.426. The Morgan fingerprint density at radius 2 is 1.94 bits per heavy atom. The molecule has 2 aromatic heterocycles. The zero-order chi connectivity index (χ0) is 22.6. The Morgan fingerprint density at radius 3 is 2.61 bits per heavy atom. The van der Waals surface area contributed by atoms with Gasteiger partial charge < -0.3 is 10.4 Å². The van der Waals surface area contributed by atoms with Crippen LogP contribution < -0.4 is 5.32 Å². The fourth-order valence-corrected chi connectivity index (χ4v) is 3.69. The molecule has 31 heavy (non-hydrogen) atoms. The number of anilines is 1. The molecule has 1 aliphatic rings. The number of nitrogens with zero attached hydrogens (tertiary/aromatic N) is 2. The van der Waals surface area contributed by atoms with Gasteiger partial charge in [-0.25, -0.2) is 0 Å². The number of halogens is 5. The highest BCUT2D eigenvalue weighted by molar-refractivity contribution is 5.94. The average Bonchev–Trinajstić information content (AvgIpc) is 3.11. The third-order valence-corrected chi connectivity index (χ3v) is 5.30. The number of aliphatic hydroxyl groups is 1. The highest BCUT2D eigenvalue weighted by Crippen LogP contribution is 2.49. The van der Waals surface area contributed by atoms with Crippen LogP contribution in [-0.2, 0) is 10.4 Å². The second-order valence-corrected chi connectivity index (χ2v) is 7.26. The molecule has 3 N–H and O–H groups in total. The number of hydrogen-bond acceptors (Lipinski definition) is 4. The lowest BCUT2D eigenvalue weighted by Gasteiger charge is -2.34. The number of H-pyrrole nitrogens is 1. The Bertz CT molecular complexity index is 1180. The van der Waals surface area contributed by atoms with E-state index >= 15 is 0 Å². The van der Waals surface area contributed by atoms with Crippen LogP contribution in [0.25, 0.3) is 11.1 Å². The molecule has 2 unspecified atom stereocenters. The molecular weight excluding hydrogens is 423 g/mol. The molecular formula is C20H15F5N4O2. The molecule has 162 valence electrons. The first-order valence-corrected chi connectivity index (χ1v) is 9.11. The Morgan fingerprint density at radius 1 is 1.19 bits per heavy atom. The van der Waals surface area contributed by atoms with E-state index in [0.717, 1.165) is 6.07 Å². The van der Waals surface area contributed by atoms with Crippen molar-refractivity contribution in [2.75, 3.05) is 5.32 Å². The van der Waals surface area contributed by atoms with Crippen LogP contribution in [0, 0.1) is 11.9 Å². The van der Waals surface area contributed by atoms with Crippen LogP contribution in [-0.4, -0.2) is 32.4 Å². The molecule has 1 aliphatic heterocycles. The second-order valence-electron chi connectivity index (χ2n) is 7.26. The van der Waals surface area contributed by atoms with Crippen molar-refractivity contribution in [1.29, 1.82) is 0 Å². The lowest BCUT2D eigenvalue weighted by atomic mass is 9.82. The van der Waals surface area contributed by atoms with E-state index in [2.05, 4.69) is 20.5 Å². The topological polar surface area (TPSA) is 90.9 Å². The zero-order valence-corrected chi connectivity index (χ0v) is 15.9. The highest BCUT2D eigenvalue weighted by atomic mass is 19.4. The highest BCUT2D eigenvalue weighted by Gasteiger charge is 2.60. The monoisotopic (exact) mass is 438 g/mol. The molecule has 1 aromatic carbocycles. The summed E-state index contributed by atoms with van der Waals surface area (Å²) < 4.78 is 68.3. The molecule has 0 radical (unpaired) electrons. The number of aromatic amines is 1. The molecule has 4 rings (SSSR count). The summed E-state index contributed by atoms with van der Waals surface area (Å²) >= 11 is 0. The summed E-state index contributed by atoms with van der Waals surface area (Å²) in [7, 11) is 0. The standard InChI is InChI=1S/C20H15F5N4O2/c1-9(10-3-2-4-11(7-10)12-5-6-13(21)26-17(12)22)16-15-18(29-28-16)27-14(30)8-19(15,31)20(23,24)25/h2-7,9,31H,8H2,1H3,(H2,27,28,29,30). The predicted octanol–water partition coefficient (Wildman–Crippen LogP) is 3.99. The Kier molecular flexibility index (Phi) is 4.80. The Balaban J connectivity index is 1.79. The largest absolute Gasteiger partial charge is 0.422 e. The number of amides is 1. The van der Waals surface area contributed by atoms with Crippen molar-refractivity contribution in [1.82, 2.24) is 15.2 Å². The fourth-order valence-electron chi connectivity index (χ4n) is 3.69. The number of carbonyl (C=O) groups is 1. The van der Waals surface area contributed by atoms with Crippen LogP contribution in [0.1, 0.15) is 36.1 Å². The third-order valence-electron chi connectivity index (χ3n) is 5.30. The van der Waals surface area contributed by atoms with Gasteiger partial charge >= 0.3 is 6.18 Å². The van der Waals surface area contributed by atoms with Gasteiger partial charge in [0.1, 0.15) is 0 Å². The molecule has 0 spiro atoms. The molecule has 3 aromatic rings. The summed E-state index contributed by atoms with van der Waals surface area (Å²) in [5, 5.41) is 18.9. The number of alkyl halides is 3. The average molecular weight is 438 g/mol. The maximum absolute atomic E-state index is 14.1. The van der Waals surface area contributed by atoms with Crippen molar-refractivity contribution >= 4 is 11.7 Å². The van der Waals surface area contributed by atoms with Gasteiger partial charge in [-0.3, -0.25) is 9.89 Å². The van der Waals surface area contributed by atoms with Gasteiger partial charge in [0, 0.05) is 11.5 Å². The minimum absolute atomic E-state index is 0.0150. The van der Waals surface area contributed by atoms with E-state index < -0.39 is 53.3 Å². The number of carbonyl (C=O) groups excluding carboxylic acids is 1. The van der Waals surface area contributed by atoms with Crippen LogP contribution in [0.3, 0.4) is 0 Å². The lowest BCUT2D eigenvalue weighted by molar-refractivity contribution is -0.267. The number of nitrogens with one attached hydrogen (secondary N) is 2. The van der Waals surface area contributed by atoms with Crippen molar-refractivity contribution in [3.05, 3.63) is 65.1 Å². The fraction of sp³-hybridized carbons (Fsp3) is 0.250. The SMILES string of the molecule is CC(c1cccc(-c2ccc(F)nc2F)c1)c1[nH]nc2c1C(O)(C(F)(F)F)CC(=O)N2. The summed E-state index contributed by atoms with van der Waals surface area (Å²) in [6, 6.07) is 8.42. The normalized spacial score (nSPS) is 19.6. The summed E-state index contributed by atoms with van der Waals surface area (Å²) in [4.78, 5) is 14.8. The van der Waals surface area contributed by atoms with Crippen molar-refractivity contribution in [2.24, 2.45) is 0 Å². The smallest absolute Gasteiger partial charge is 0.376 e. The van der Waals surface area contributed by atoms with E-state index in [0.29, 0.717) is 11.1 Å². The van der Waals surface area contributed by atoms with E-state index in [-0.39, 0.29) is 11.3 Å². The van der Waals surface area contributed by atoms with Crippen molar-refractivity contribution < 1.29 is 31.9 Å². The molecule has 0 fully saturated rings. The molecule has 0 saturated carbocycles. The minimum atomic E-state index is -5.12. The van der Waals surface area contributed by atoms with Crippen LogP contribution in [0.5, 0.6) is 0 Å². The zero-order valence-electron chi connectivity index (χ0n) is 15.9. The number of fused-ring (bicyclic) bond motifs is 1. The van der Waals surface area contributed by atoms with E-state index in [4.69, 9.17) is 0 Å². The molecule has 2 atom stereocenters. The maximum Gasteiger partial charge on any atom is 0.422 e. The second kappa shape index (κ2) is 7.12. The minimum Gasteiger partial charge on any atom is -0.376 e. The molecule has 0 bridgehead atoms. The van der Waals surface area contributed by atoms with Gasteiger partial charge in [0.2, 0.25) is 17.8 Å². The van der Waals surface area contributed by atoms with Crippen molar-refractivity contribution in [2.45, 2.75) is 31.0 Å². The van der Waals surface area contributed by atoms with E-state index in [9.17, 15) is 31.9 Å². The van der Waals surface area contributed by atoms with Gasteiger partial charge in [-0.15, -0.1) is 0 Å². The van der Waals surface area contributed by atoms with Gasteiger partial charge in [-0.05, 0) is 23.3 Å². The van der Waals surface area contributed by atoms with E-state index in [1.807, 2.05) is 0 Å². The summed E-state index contributed by atoms with van der Waals surface area (Å²) in [5.74, 6) is -4.18. The van der Waals surface area contributed by atoms with Gasteiger partial charge in [0.05, 0.1) is 17.7 Å². The maximum atomic E-state index is 14.1. The Hall–Kier alpha value is -3.34. The first-order chi connectivity index (χ1) is 14.5. The van der Waals surface area contributed by atoms with Gasteiger partial charge in [0.25, 0.3) is 0 Å². The molecule has 6 nitrogen and oxygen atoms in total. The van der Waals surface area contributed by atoms with E-state index in [1.165, 1.54) is 12.1 Å². The van der Waals surface area contributed by atoms with Gasteiger partial charge in [-0.2, -0.15) is 32.0 Å². The van der Waals surface area contributed by atoms with Gasteiger partial charge in [0.15, 0.2) is 11.4 Å². The summed E-state index contributed by atoms with van der Waals surface area (Å²) in [6.45, 7) is 1.57. The van der Waals surface area contributed by atoms with Crippen LogP contribution in [0.4, 0.5) is 27.8 Å². The third kappa shape index (κ3) is 3.44. The van der Waals surface area contributed by atoms with Crippen LogP contribution in [0.2, 0.25) is 0 Å². The summed E-state index contributed by atoms with van der Waals surface area (Å²) in [5.41, 5.74) is -3.21. The molecule has 3 heterocycles. The number of hydrogen-bond donors (Lipinski definition) is 3. The number of rotatable bonds is 3. The first-order valence-electron chi connectivity index (χ1n) is 9.11. The van der Waals surface area contributed by atoms with Gasteiger partial charge in [-0.1, -0.05) is 31.2 Å². The van der Waals surface area contributed by atoms with E-state index in [1.54, 1.807) is 25.1 Å². The summed E-state index contributed by atoms with van der Waals surface area (Å²) in [6.07, 6.45) is -6.32. The first kappa shape index (κ1) is 20.9. The Labute approximate surface area is 172 Å². The molecule has 0 aliphatic carbocycles. The van der Waals surface area contributed by atoms with Crippen molar-refractivity contribution in [3.8, 4) is 11.1 Å². The van der Waals surface area contributed by atoms with Crippen molar-refractivity contribution in [3.63, 3.8) is 0 Å². The molecule has 0 saturated heterocycles. The number of benzene rings is 1. The number of aromatic nitrogens is 3. The predicted molar refractivity (Wildman–Crippen MR) is 98.9 cm³/mol.